The van der Waals surface area contributed by atoms with Gasteiger partial charge >= 0.3 is 5.97 Å². The van der Waals surface area contributed by atoms with Gasteiger partial charge in [-0.25, -0.2) is 0 Å². The molecule has 0 saturated heterocycles. The number of carbonyl (C=O) groups is 2. The van der Waals surface area contributed by atoms with Gasteiger partial charge in [0.25, 0.3) is 5.91 Å². The molecule has 0 heterocycles. The predicted molar refractivity (Wildman–Crippen MR) is 83.5 cm³/mol. The Morgan fingerprint density at radius 3 is 2.50 bits per heavy atom. The first-order valence-corrected chi connectivity index (χ1v) is 7.78. The van der Waals surface area contributed by atoms with E-state index in [0.29, 0.717) is 28.6 Å². The summed E-state index contributed by atoms with van der Waals surface area (Å²) in [6, 6.07) is 4.34. The van der Waals surface area contributed by atoms with Crippen LogP contribution in [0.4, 0.5) is 0 Å². The lowest BCUT2D eigenvalue weighted by molar-refractivity contribution is -0.142. The quantitative estimate of drug-likeness (QED) is 0.859. The van der Waals surface area contributed by atoms with Crippen LogP contribution in [0.1, 0.15) is 26.2 Å². The van der Waals surface area contributed by atoms with Crippen LogP contribution in [-0.4, -0.2) is 29.1 Å². The van der Waals surface area contributed by atoms with Gasteiger partial charge in [0.2, 0.25) is 0 Å². The maximum Gasteiger partial charge on any atom is 0.308 e. The molecule has 2 N–H and O–H groups in total. The van der Waals surface area contributed by atoms with Crippen molar-refractivity contribution >= 4 is 35.1 Å². The Kier molecular flexibility index (Phi) is 5.53. The lowest BCUT2D eigenvalue weighted by Gasteiger charge is -2.21. The molecular weight excluding hydrogens is 329 g/mol. The highest BCUT2D eigenvalue weighted by atomic mass is 35.5. The molecule has 1 fully saturated rings. The Hall–Kier alpha value is -1.46. The number of hydrogen-bond acceptors (Lipinski definition) is 3. The molecule has 7 heteroatoms. The lowest BCUT2D eigenvalue weighted by Crippen LogP contribution is -2.45. The van der Waals surface area contributed by atoms with E-state index in [0.717, 1.165) is 6.42 Å². The third-order valence-electron chi connectivity index (χ3n) is 3.68. The van der Waals surface area contributed by atoms with Crippen molar-refractivity contribution in [3.8, 4) is 5.75 Å². The van der Waals surface area contributed by atoms with Gasteiger partial charge in [-0.3, -0.25) is 9.59 Å². The average molecular weight is 346 g/mol. The van der Waals surface area contributed by atoms with Crippen LogP contribution in [0.15, 0.2) is 18.2 Å². The number of carbonyl (C=O) groups excluding carboxylic acids is 1. The van der Waals surface area contributed by atoms with Gasteiger partial charge in [0.05, 0.1) is 5.92 Å². The second-order valence-electron chi connectivity index (χ2n) is 5.36. The van der Waals surface area contributed by atoms with Gasteiger partial charge in [-0.05, 0) is 38.0 Å². The van der Waals surface area contributed by atoms with Crippen molar-refractivity contribution in [1.29, 1.82) is 0 Å². The number of carboxylic acids is 1. The number of nitrogens with one attached hydrogen (secondary N) is 1. The highest BCUT2D eigenvalue weighted by Crippen LogP contribution is 2.27. The summed E-state index contributed by atoms with van der Waals surface area (Å²) in [7, 11) is 0. The maximum absolute atomic E-state index is 12.1. The van der Waals surface area contributed by atoms with Crippen LogP contribution in [0.3, 0.4) is 0 Å². The van der Waals surface area contributed by atoms with Gasteiger partial charge in [0, 0.05) is 16.1 Å². The summed E-state index contributed by atoms with van der Waals surface area (Å²) in [5.41, 5.74) is 0. The van der Waals surface area contributed by atoms with Crippen molar-refractivity contribution in [2.75, 3.05) is 0 Å². The number of amides is 1. The normalized spacial score (nSPS) is 22.1. The van der Waals surface area contributed by atoms with Crippen molar-refractivity contribution in [3.63, 3.8) is 0 Å². The zero-order chi connectivity index (χ0) is 16.3. The minimum absolute atomic E-state index is 0.348. The number of ether oxygens (including phenoxy) is 1. The molecule has 1 aliphatic carbocycles. The van der Waals surface area contributed by atoms with Gasteiger partial charge in [-0.15, -0.1) is 0 Å². The van der Waals surface area contributed by atoms with Crippen molar-refractivity contribution < 1.29 is 19.4 Å². The molecule has 0 aliphatic heterocycles. The molecular formula is C15H17Cl2NO4. The fraction of sp³-hybridized carbons (Fsp3) is 0.467. The molecule has 1 unspecified atom stereocenters. The topological polar surface area (TPSA) is 75.6 Å². The lowest BCUT2D eigenvalue weighted by atomic mass is 10.0. The molecule has 1 amide bonds. The van der Waals surface area contributed by atoms with Crippen LogP contribution in [0.2, 0.25) is 10.0 Å². The fourth-order valence-electron chi connectivity index (χ4n) is 2.58. The Labute approximate surface area is 138 Å². The second-order valence-corrected chi connectivity index (χ2v) is 6.23. The van der Waals surface area contributed by atoms with E-state index < -0.39 is 18.0 Å². The molecule has 0 spiro atoms. The van der Waals surface area contributed by atoms with E-state index in [-0.39, 0.29) is 11.9 Å². The highest BCUT2D eigenvalue weighted by Gasteiger charge is 2.34. The molecule has 1 saturated carbocycles. The minimum Gasteiger partial charge on any atom is -0.481 e. The van der Waals surface area contributed by atoms with Gasteiger partial charge < -0.3 is 15.2 Å². The second kappa shape index (κ2) is 7.20. The minimum atomic E-state index is -0.877. The van der Waals surface area contributed by atoms with Crippen molar-refractivity contribution in [2.45, 2.75) is 38.3 Å². The first-order chi connectivity index (χ1) is 10.4. The zero-order valence-corrected chi connectivity index (χ0v) is 13.5. The van der Waals surface area contributed by atoms with Crippen LogP contribution >= 0.6 is 23.2 Å². The SMILES string of the molecule is CC(Oc1cc(Cl)cc(Cl)c1)C(=O)N[C@@H]1CCC[C@@H]1C(=O)O. The number of halogens is 2. The van der Waals surface area contributed by atoms with E-state index in [2.05, 4.69) is 5.32 Å². The molecule has 1 aliphatic rings. The highest BCUT2D eigenvalue weighted by molar-refractivity contribution is 6.34. The van der Waals surface area contributed by atoms with E-state index in [1.54, 1.807) is 25.1 Å². The monoisotopic (exact) mass is 345 g/mol. The Morgan fingerprint density at radius 1 is 1.27 bits per heavy atom. The van der Waals surface area contributed by atoms with Crippen LogP contribution < -0.4 is 10.1 Å². The van der Waals surface area contributed by atoms with Crippen LogP contribution in [0.5, 0.6) is 5.75 Å². The van der Waals surface area contributed by atoms with E-state index >= 15 is 0 Å². The summed E-state index contributed by atoms with van der Waals surface area (Å²) in [6.07, 6.45) is 1.27. The summed E-state index contributed by atoms with van der Waals surface area (Å²) in [6.45, 7) is 1.59. The first kappa shape index (κ1) is 16.9. The smallest absolute Gasteiger partial charge is 0.308 e. The van der Waals surface area contributed by atoms with Crippen LogP contribution in [-0.2, 0) is 9.59 Å². The van der Waals surface area contributed by atoms with Gasteiger partial charge in [0.1, 0.15) is 5.75 Å². The molecule has 1 aromatic carbocycles. The van der Waals surface area contributed by atoms with E-state index in [1.807, 2.05) is 0 Å². The number of carboxylic acid groups (broad SMARTS) is 1. The van der Waals surface area contributed by atoms with E-state index in [9.17, 15) is 9.59 Å². The average Bonchev–Trinajstić information content (AvgIpc) is 2.85. The molecule has 0 bridgehead atoms. The third kappa shape index (κ3) is 4.27. The van der Waals surface area contributed by atoms with Gasteiger partial charge in [-0.1, -0.05) is 29.6 Å². The van der Waals surface area contributed by atoms with E-state index in [1.165, 1.54) is 0 Å². The number of hydrogen-bond donors (Lipinski definition) is 2. The first-order valence-electron chi connectivity index (χ1n) is 7.02. The summed E-state index contributed by atoms with van der Waals surface area (Å²) in [4.78, 5) is 23.3. The summed E-state index contributed by atoms with van der Waals surface area (Å²) >= 11 is 11.7. The number of benzene rings is 1. The Bertz CT molecular complexity index is 558. The zero-order valence-electron chi connectivity index (χ0n) is 12.0. The molecule has 22 heavy (non-hydrogen) atoms. The van der Waals surface area contributed by atoms with Gasteiger partial charge in [0.15, 0.2) is 6.10 Å². The number of aliphatic carboxylic acids is 1. The van der Waals surface area contributed by atoms with E-state index in [4.69, 9.17) is 33.0 Å². The van der Waals surface area contributed by atoms with Crippen LogP contribution in [0.25, 0.3) is 0 Å². The maximum atomic E-state index is 12.1. The molecule has 2 rings (SSSR count). The third-order valence-corrected chi connectivity index (χ3v) is 4.12. The molecule has 5 nitrogen and oxygen atoms in total. The van der Waals surface area contributed by atoms with Crippen molar-refractivity contribution in [2.24, 2.45) is 5.92 Å². The molecule has 0 radical (unpaired) electrons. The molecule has 120 valence electrons. The standard InChI is InChI=1S/C15H17Cl2NO4/c1-8(22-11-6-9(16)5-10(17)7-11)14(19)18-13-4-2-3-12(13)15(20)21/h5-8,12-13H,2-4H2,1H3,(H,18,19)(H,20,21)/t8?,12-,13+/m0/s1. The molecule has 0 aromatic heterocycles. The summed E-state index contributed by atoms with van der Waals surface area (Å²) in [5, 5.41) is 12.7. The largest absolute Gasteiger partial charge is 0.481 e. The molecule has 1 aromatic rings. The number of rotatable bonds is 5. The Morgan fingerprint density at radius 2 is 1.91 bits per heavy atom. The van der Waals surface area contributed by atoms with Gasteiger partial charge in [-0.2, -0.15) is 0 Å². The predicted octanol–water partition coefficient (Wildman–Crippen LogP) is 3.13. The van der Waals surface area contributed by atoms with Crippen molar-refractivity contribution in [3.05, 3.63) is 28.2 Å². The van der Waals surface area contributed by atoms with Crippen molar-refractivity contribution in [1.82, 2.24) is 5.32 Å². The summed E-state index contributed by atoms with van der Waals surface area (Å²) < 4.78 is 5.52. The van der Waals surface area contributed by atoms with Crippen LogP contribution in [0, 0.1) is 5.92 Å². The Balaban J connectivity index is 1.96. The molecule has 3 atom stereocenters. The summed E-state index contributed by atoms with van der Waals surface area (Å²) in [5.74, 6) is -1.37. The fourth-order valence-corrected chi connectivity index (χ4v) is 3.09.